The molecule has 0 aromatic carbocycles. The predicted molar refractivity (Wildman–Crippen MR) is 80.3 cm³/mol. The van der Waals surface area contributed by atoms with E-state index >= 15 is 0 Å². The van der Waals surface area contributed by atoms with Gasteiger partial charge in [0.2, 0.25) is 10.0 Å². The highest BCUT2D eigenvalue weighted by atomic mass is 32.2. The number of rotatable bonds is 6. The van der Waals surface area contributed by atoms with E-state index in [4.69, 9.17) is 4.74 Å². The minimum atomic E-state index is -3.08. The number of ether oxygens (including phenoxy) is 1. The minimum absolute atomic E-state index is 0.242. The van der Waals surface area contributed by atoms with Gasteiger partial charge in [-0.1, -0.05) is 6.42 Å². The highest BCUT2D eigenvalue weighted by Crippen LogP contribution is 2.18. The van der Waals surface area contributed by atoms with Crippen LogP contribution in [0.3, 0.4) is 0 Å². The Morgan fingerprint density at radius 3 is 2.55 bits per heavy atom. The lowest BCUT2D eigenvalue weighted by Crippen LogP contribution is -2.43. The SMILES string of the molecule is CCOC1CCN(S(=O)(=O)CCC2CCCCN2)CC1. The van der Waals surface area contributed by atoms with Crippen LogP contribution >= 0.6 is 0 Å². The molecule has 2 rings (SSSR count). The number of sulfonamides is 1. The van der Waals surface area contributed by atoms with E-state index in [1.807, 2.05) is 6.92 Å². The molecular formula is C14H28N2O3S. The molecule has 20 heavy (non-hydrogen) atoms. The van der Waals surface area contributed by atoms with Gasteiger partial charge >= 0.3 is 0 Å². The number of piperidine rings is 2. The second-order valence-electron chi connectivity index (χ2n) is 5.81. The molecule has 2 aliphatic rings. The summed E-state index contributed by atoms with van der Waals surface area (Å²) >= 11 is 0. The van der Waals surface area contributed by atoms with Gasteiger partial charge in [0.1, 0.15) is 0 Å². The molecule has 1 atom stereocenters. The van der Waals surface area contributed by atoms with Gasteiger partial charge in [0, 0.05) is 25.7 Å². The first-order valence-electron chi connectivity index (χ1n) is 7.94. The maximum Gasteiger partial charge on any atom is 0.214 e. The first-order valence-corrected chi connectivity index (χ1v) is 9.55. The Bertz CT molecular complexity index is 372. The maximum absolute atomic E-state index is 12.4. The molecule has 2 aliphatic heterocycles. The van der Waals surface area contributed by atoms with Crippen LogP contribution in [-0.2, 0) is 14.8 Å². The monoisotopic (exact) mass is 304 g/mol. The van der Waals surface area contributed by atoms with E-state index in [0.29, 0.717) is 25.7 Å². The van der Waals surface area contributed by atoms with Crippen LogP contribution < -0.4 is 5.32 Å². The lowest BCUT2D eigenvalue weighted by molar-refractivity contribution is 0.0290. The van der Waals surface area contributed by atoms with Crippen LogP contribution in [0.5, 0.6) is 0 Å². The molecule has 2 fully saturated rings. The molecule has 6 heteroatoms. The summed E-state index contributed by atoms with van der Waals surface area (Å²) in [6.07, 6.45) is 6.19. The van der Waals surface area contributed by atoms with E-state index in [1.54, 1.807) is 4.31 Å². The van der Waals surface area contributed by atoms with Gasteiger partial charge in [-0.3, -0.25) is 0 Å². The Hall–Kier alpha value is -0.170. The van der Waals surface area contributed by atoms with Crippen molar-refractivity contribution in [1.82, 2.24) is 9.62 Å². The Morgan fingerprint density at radius 1 is 1.20 bits per heavy atom. The van der Waals surface area contributed by atoms with Gasteiger partial charge < -0.3 is 10.1 Å². The van der Waals surface area contributed by atoms with Gasteiger partial charge in [-0.25, -0.2) is 12.7 Å². The van der Waals surface area contributed by atoms with Gasteiger partial charge in [0.25, 0.3) is 0 Å². The molecule has 1 unspecified atom stereocenters. The van der Waals surface area contributed by atoms with Crippen molar-refractivity contribution in [3.8, 4) is 0 Å². The highest BCUT2D eigenvalue weighted by molar-refractivity contribution is 7.89. The van der Waals surface area contributed by atoms with Crippen LogP contribution in [0, 0.1) is 0 Å². The molecule has 2 saturated heterocycles. The van der Waals surface area contributed by atoms with Crippen LogP contribution in [-0.4, -0.2) is 56.9 Å². The zero-order valence-electron chi connectivity index (χ0n) is 12.5. The van der Waals surface area contributed by atoms with E-state index in [1.165, 1.54) is 12.8 Å². The zero-order valence-corrected chi connectivity index (χ0v) is 13.3. The van der Waals surface area contributed by atoms with E-state index in [0.717, 1.165) is 32.2 Å². The van der Waals surface area contributed by atoms with Crippen molar-refractivity contribution in [2.24, 2.45) is 0 Å². The zero-order chi connectivity index (χ0) is 14.4. The summed E-state index contributed by atoms with van der Waals surface area (Å²) in [6, 6.07) is 0.388. The van der Waals surface area contributed by atoms with E-state index < -0.39 is 10.0 Å². The van der Waals surface area contributed by atoms with Crippen molar-refractivity contribution in [1.29, 1.82) is 0 Å². The first-order chi connectivity index (χ1) is 9.62. The molecule has 0 saturated carbocycles. The largest absolute Gasteiger partial charge is 0.378 e. The molecule has 0 aromatic rings. The smallest absolute Gasteiger partial charge is 0.214 e. The van der Waals surface area contributed by atoms with E-state index in [-0.39, 0.29) is 11.9 Å². The summed E-state index contributed by atoms with van der Waals surface area (Å²) in [6.45, 7) is 4.96. The molecule has 118 valence electrons. The van der Waals surface area contributed by atoms with Crippen LogP contribution in [0.1, 0.15) is 45.4 Å². The van der Waals surface area contributed by atoms with Crippen LogP contribution in [0.15, 0.2) is 0 Å². The molecule has 0 aromatic heterocycles. The van der Waals surface area contributed by atoms with E-state index in [9.17, 15) is 8.42 Å². The van der Waals surface area contributed by atoms with Crippen LogP contribution in [0.2, 0.25) is 0 Å². The van der Waals surface area contributed by atoms with Crippen molar-refractivity contribution in [3.63, 3.8) is 0 Å². The fourth-order valence-corrected chi connectivity index (χ4v) is 4.71. The van der Waals surface area contributed by atoms with Crippen molar-refractivity contribution in [3.05, 3.63) is 0 Å². The Balaban J connectivity index is 1.75. The third-order valence-corrected chi connectivity index (χ3v) is 6.24. The summed E-state index contributed by atoms with van der Waals surface area (Å²) in [7, 11) is -3.08. The van der Waals surface area contributed by atoms with Crippen LogP contribution in [0.25, 0.3) is 0 Å². The topological polar surface area (TPSA) is 58.6 Å². The van der Waals surface area contributed by atoms with Crippen LogP contribution in [0.4, 0.5) is 0 Å². The summed E-state index contributed by atoms with van der Waals surface area (Å²) in [5, 5.41) is 3.42. The van der Waals surface area contributed by atoms with Crippen molar-refractivity contribution in [2.75, 3.05) is 32.0 Å². The predicted octanol–water partition coefficient (Wildman–Crippen LogP) is 1.35. The number of nitrogens with one attached hydrogen (secondary N) is 1. The standard InChI is InChI=1S/C14H28N2O3S/c1-2-19-14-6-10-16(11-7-14)20(17,18)12-8-13-5-3-4-9-15-13/h13-15H,2-12H2,1H3. The Kier molecular flexibility index (Phi) is 6.26. The molecule has 2 heterocycles. The van der Waals surface area contributed by atoms with Gasteiger partial charge in [-0.2, -0.15) is 0 Å². The molecule has 0 aliphatic carbocycles. The third-order valence-electron chi connectivity index (χ3n) is 4.33. The molecule has 1 N–H and O–H groups in total. The lowest BCUT2D eigenvalue weighted by atomic mass is 10.0. The maximum atomic E-state index is 12.4. The van der Waals surface area contributed by atoms with E-state index in [2.05, 4.69) is 5.32 Å². The summed E-state index contributed by atoms with van der Waals surface area (Å²) in [5.74, 6) is 0.282. The second kappa shape index (κ2) is 7.73. The van der Waals surface area contributed by atoms with Crippen molar-refractivity contribution >= 4 is 10.0 Å². The van der Waals surface area contributed by atoms with Gasteiger partial charge in [0.15, 0.2) is 0 Å². The molecule has 5 nitrogen and oxygen atoms in total. The Morgan fingerprint density at radius 2 is 1.95 bits per heavy atom. The average molecular weight is 304 g/mol. The fraction of sp³-hybridized carbons (Fsp3) is 1.00. The molecular weight excluding hydrogens is 276 g/mol. The highest BCUT2D eigenvalue weighted by Gasteiger charge is 2.28. The summed E-state index contributed by atoms with van der Waals surface area (Å²) < 4.78 is 31.9. The normalized spacial score (nSPS) is 26.8. The molecule has 0 amide bonds. The molecule has 0 spiro atoms. The molecule has 0 radical (unpaired) electrons. The molecule has 0 bridgehead atoms. The van der Waals surface area contributed by atoms with Crippen molar-refractivity contribution in [2.45, 2.75) is 57.6 Å². The first kappa shape index (κ1) is 16.2. The van der Waals surface area contributed by atoms with Crippen molar-refractivity contribution < 1.29 is 13.2 Å². The van der Waals surface area contributed by atoms with Gasteiger partial charge in [0.05, 0.1) is 11.9 Å². The summed E-state index contributed by atoms with van der Waals surface area (Å²) in [5.41, 5.74) is 0. The summed E-state index contributed by atoms with van der Waals surface area (Å²) in [4.78, 5) is 0. The van der Waals surface area contributed by atoms with Gasteiger partial charge in [-0.05, 0) is 45.6 Å². The quantitative estimate of drug-likeness (QED) is 0.805. The average Bonchev–Trinajstić information content (AvgIpc) is 2.47. The minimum Gasteiger partial charge on any atom is -0.378 e. The Labute approximate surface area is 123 Å². The lowest BCUT2D eigenvalue weighted by Gasteiger charge is -2.31. The van der Waals surface area contributed by atoms with Gasteiger partial charge in [-0.15, -0.1) is 0 Å². The number of nitrogens with zero attached hydrogens (tertiary/aromatic N) is 1. The second-order valence-corrected chi connectivity index (χ2v) is 7.89. The number of hydrogen-bond donors (Lipinski definition) is 1. The third kappa shape index (κ3) is 4.69. The fourth-order valence-electron chi connectivity index (χ4n) is 3.10. The number of hydrogen-bond acceptors (Lipinski definition) is 4.